The van der Waals surface area contributed by atoms with E-state index in [2.05, 4.69) is 12.1 Å². The minimum Gasteiger partial charge on any atom is -0.508 e. The van der Waals surface area contributed by atoms with Crippen LogP contribution in [0.4, 0.5) is 0 Å². The average Bonchev–Trinajstić information content (AvgIpc) is 3.10. The Hall–Kier alpha value is -3.47. The zero-order chi connectivity index (χ0) is 21.5. The second kappa shape index (κ2) is 7.65. The smallest absolute Gasteiger partial charge is 0.304 e. The minimum absolute atomic E-state index is 0.0698. The molecular formula is C26H24O5. The van der Waals surface area contributed by atoms with Crippen molar-refractivity contribution in [2.24, 2.45) is 0 Å². The van der Waals surface area contributed by atoms with Crippen LogP contribution >= 0.6 is 0 Å². The molecular weight excluding hydrogens is 392 g/mol. The Labute approximate surface area is 180 Å². The summed E-state index contributed by atoms with van der Waals surface area (Å²) >= 11 is 0. The third kappa shape index (κ3) is 3.61. The van der Waals surface area contributed by atoms with Gasteiger partial charge in [0.15, 0.2) is 0 Å². The fraction of sp³-hybridized carbons (Fsp3) is 0.269. The Kier molecular flexibility index (Phi) is 4.81. The molecule has 1 aliphatic heterocycles. The number of aryl methyl sites for hydroxylation is 1. The molecule has 2 aliphatic rings. The van der Waals surface area contributed by atoms with E-state index in [1.165, 1.54) is 11.1 Å². The summed E-state index contributed by atoms with van der Waals surface area (Å²) in [4.78, 5) is 11.0. The number of hydrogen-bond acceptors (Lipinski definition) is 4. The van der Waals surface area contributed by atoms with E-state index in [0.717, 1.165) is 40.7 Å². The molecule has 3 aromatic rings. The summed E-state index contributed by atoms with van der Waals surface area (Å²) < 4.78 is 11.7. The predicted molar refractivity (Wildman–Crippen MR) is 117 cm³/mol. The molecule has 0 radical (unpaired) electrons. The van der Waals surface area contributed by atoms with Crippen LogP contribution in [-0.2, 0) is 24.2 Å². The van der Waals surface area contributed by atoms with Crippen molar-refractivity contribution in [3.8, 4) is 28.4 Å². The third-order valence-corrected chi connectivity index (χ3v) is 6.25. The predicted octanol–water partition coefficient (Wildman–Crippen LogP) is 5.00. The van der Waals surface area contributed by atoms with Crippen LogP contribution in [0.25, 0.3) is 11.1 Å². The van der Waals surface area contributed by atoms with Crippen molar-refractivity contribution in [3.05, 3.63) is 76.3 Å². The van der Waals surface area contributed by atoms with Crippen LogP contribution in [0.15, 0.2) is 48.5 Å². The average molecular weight is 416 g/mol. The van der Waals surface area contributed by atoms with E-state index in [-0.39, 0.29) is 12.3 Å². The van der Waals surface area contributed by atoms with E-state index in [0.29, 0.717) is 30.5 Å². The zero-order valence-electron chi connectivity index (χ0n) is 17.4. The summed E-state index contributed by atoms with van der Waals surface area (Å²) in [5.41, 5.74) is 7.75. The molecule has 5 heteroatoms. The van der Waals surface area contributed by atoms with Gasteiger partial charge < -0.3 is 19.7 Å². The summed E-state index contributed by atoms with van der Waals surface area (Å²) in [6.07, 6.45) is 2.00. The maximum absolute atomic E-state index is 11.0. The third-order valence-electron chi connectivity index (χ3n) is 6.25. The molecule has 1 atom stereocenters. The number of aliphatic carboxylic acids is 1. The first-order valence-electron chi connectivity index (χ1n) is 10.5. The molecule has 0 spiro atoms. The molecule has 0 fully saturated rings. The van der Waals surface area contributed by atoms with Crippen LogP contribution in [0.2, 0.25) is 0 Å². The van der Waals surface area contributed by atoms with Crippen molar-refractivity contribution in [1.29, 1.82) is 0 Å². The number of hydrogen-bond donors (Lipinski definition) is 2. The lowest BCUT2D eigenvalue weighted by Gasteiger charge is -2.26. The molecule has 2 N–H and O–H groups in total. The van der Waals surface area contributed by atoms with Crippen LogP contribution in [0.1, 0.15) is 40.2 Å². The number of aromatic hydroxyl groups is 1. The van der Waals surface area contributed by atoms with Gasteiger partial charge >= 0.3 is 5.97 Å². The summed E-state index contributed by atoms with van der Waals surface area (Å²) in [5.74, 6) is 0.887. The van der Waals surface area contributed by atoms with Crippen LogP contribution in [0.3, 0.4) is 0 Å². The van der Waals surface area contributed by atoms with Gasteiger partial charge in [-0.05, 0) is 71.3 Å². The lowest BCUT2D eigenvalue weighted by atomic mass is 9.79. The number of rotatable bonds is 6. The van der Waals surface area contributed by atoms with E-state index in [4.69, 9.17) is 14.6 Å². The summed E-state index contributed by atoms with van der Waals surface area (Å²) in [5, 5.41) is 19.2. The Morgan fingerprint density at radius 1 is 1.13 bits per heavy atom. The largest absolute Gasteiger partial charge is 0.508 e. The summed E-state index contributed by atoms with van der Waals surface area (Å²) in [7, 11) is 0. The zero-order valence-corrected chi connectivity index (χ0v) is 17.4. The van der Waals surface area contributed by atoms with Gasteiger partial charge in [-0.2, -0.15) is 0 Å². The van der Waals surface area contributed by atoms with Gasteiger partial charge in [-0.1, -0.05) is 24.3 Å². The van der Waals surface area contributed by atoms with Crippen molar-refractivity contribution in [2.75, 3.05) is 6.61 Å². The second-order valence-electron chi connectivity index (χ2n) is 8.34. The fourth-order valence-electron chi connectivity index (χ4n) is 4.65. The van der Waals surface area contributed by atoms with E-state index in [9.17, 15) is 9.90 Å². The topological polar surface area (TPSA) is 76.0 Å². The summed E-state index contributed by atoms with van der Waals surface area (Å²) in [6, 6.07) is 15.8. The highest BCUT2D eigenvalue weighted by Gasteiger charge is 2.27. The SMILES string of the molecule is Cc1cc(O)c2c(c1-c1cccc(COc3ccc4c(c3)OC[C@H]4CC(=O)O)c1)CC2. The number of carbonyl (C=O) groups is 1. The molecule has 0 amide bonds. The number of benzene rings is 3. The van der Waals surface area contributed by atoms with Gasteiger partial charge in [0.2, 0.25) is 0 Å². The lowest BCUT2D eigenvalue weighted by Crippen LogP contribution is -2.11. The van der Waals surface area contributed by atoms with Gasteiger partial charge in [-0.3, -0.25) is 4.79 Å². The second-order valence-corrected chi connectivity index (χ2v) is 8.34. The van der Waals surface area contributed by atoms with Gasteiger partial charge in [-0.15, -0.1) is 0 Å². The van der Waals surface area contributed by atoms with Crippen LogP contribution < -0.4 is 9.47 Å². The molecule has 1 heterocycles. The van der Waals surface area contributed by atoms with Gasteiger partial charge in [0, 0.05) is 17.5 Å². The fourth-order valence-corrected chi connectivity index (χ4v) is 4.65. The van der Waals surface area contributed by atoms with E-state index in [1.54, 1.807) is 0 Å². The van der Waals surface area contributed by atoms with Crippen molar-refractivity contribution in [3.63, 3.8) is 0 Å². The van der Waals surface area contributed by atoms with Gasteiger partial charge in [-0.25, -0.2) is 0 Å². The molecule has 5 nitrogen and oxygen atoms in total. The number of phenols is 1. The van der Waals surface area contributed by atoms with Crippen molar-refractivity contribution in [2.45, 2.75) is 38.7 Å². The van der Waals surface area contributed by atoms with Crippen molar-refractivity contribution >= 4 is 5.97 Å². The van der Waals surface area contributed by atoms with Crippen LogP contribution in [-0.4, -0.2) is 22.8 Å². The number of carboxylic acids is 1. The number of phenolic OH excluding ortho intramolecular Hbond substituents is 1. The Bertz CT molecular complexity index is 1180. The number of fused-ring (bicyclic) bond motifs is 2. The first-order chi connectivity index (χ1) is 15.0. The quantitative estimate of drug-likeness (QED) is 0.592. The Balaban J connectivity index is 1.33. The normalized spacial score (nSPS) is 16.1. The maximum Gasteiger partial charge on any atom is 0.304 e. The highest BCUT2D eigenvalue weighted by Crippen LogP contribution is 2.42. The molecule has 0 saturated carbocycles. The van der Waals surface area contributed by atoms with Crippen molar-refractivity contribution < 1.29 is 24.5 Å². The van der Waals surface area contributed by atoms with E-state index in [1.807, 2.05) is 43.3 Å². The summed E-state index contributed by atoms with van der Waals surface area (Å²) in [6.45, 7) is 2.85. The number of carboxylic acid groups (broad SMARTS) is 1. The highest BCUT2D eigenvalue weighted by atomic mass is 16.5. The van der Waals surface area contributed by atoms with Gasteiger partial charge in [0.1, 0.15) is 23.9 Å². The first kappa shape index (κ1) is 19.5. The Morgan fingerprint density at radius 3 is 2.74 bits per heavy atom. The molecule has 5 rings (SSSR count). The standard InChI is InChI=1S/C26H24O5/c1-15-9-23(27)21-7-8-22(21)26(15)17-4-2-3-16(10-17)13-30-19-5-6-20-18(11-25(28)29)14-31-24(20)12-19/h2-6,9-10,12,18,27H,7-8,11,13-14H2,1H3,(H,28,29)/t18-/m1/s1. The Morgan fingerprint density at radius 2 is 1.97 bits per heavy atom. The molecule has 0 bridgehead atoms. The molecule has 0 unspecified atom stereocenters. The lowest BCUT2D eigenvalue weighted by molar-refractivity contribution is -0.137. The highest BCUT2D eigenvalue weighted by molar-refractivity contribution is 5.76. The van der Waals surface area contributed by atoms with Crippen LogP contribution in [0.5, 0.6) is 17.2 Å². The monoisotopic (exact) mass is 416 g/mol. The van der Waals surface area contributed by atoms with E-state index < -0.39 is 5.97 Å². The minimum atomic E-state index is -0.819. The maximum atomic E-state index is 11.0. The molecule has 158 valence electrons. The molecule has 31 heavy (non-hydrogen) atoms. The van der Waals surface area contributed by atoms with Gasteiger partial charge in [0.05, 0.1) is 13.0 Å². The van der Waals surface area contributed by atoms with Crippen LogP contribution in [0, 0.1) is 6.92 Å². The molecule has 0 aromatic heterocycles. The molecule has 0 saturated heterocycles. The van der Waals surface area contributed by atoms with Gasteiger partial charge in [0.25, 0.3) is 0 Å². The first-order valence-corrected chi connectivity index (χ1v) is 10.5. The van der Waals surface area contributed by atoms with E-state index >= 15 is 0 Å². The molecule has 3 aromatic carbocycles. The number of ether oxygens (including phenoxy) is 2. The van der Waals surface area contributed by atoms with Crippen molar-refractivity contribution in [1.82, 2.24) is 0 Å². The molecule has 1 aliphatic carbocycles.